The number of rotatable bonds is 7. The Hall–Kier alpha value is -7.68. The first kappa shape index (κ1) is 33.6. The third-order valence-corrected chi connectivity index (χ3v) is 11.6. The second kappa shape index (κ2) is 14.1. The first-order valence-electron chi connectivity index (χ1n) is 19.9. The molecule has 11 rings (SSSR count). The zero-order chi connectivity index (χ0) is 38.4. The van der Waals surface area contributed by atoms with E-state index in [2.05, 4.69) is 240 Å². The van der Waals surface area contributed by atoms with Crippen LogP contribution in [0.3, 0.4) is 0 Å². The summed E-state index contributed by atoms with van der Waals surface area (Å²) in [6.45, 7) is 0. The summed E-state index contributed by atoms with van der Waals surface area (Å²) in [6, 6.07) is 83.6. The van der Waals surface area contributed by atoms with Crippen molar-refractivity contribution in [2.75, 3.05) is 4.90 Å². The molecule has 0 saturated carbocycles. The van der Waals surface area contributed by atoms with Gasteiger partial charge in [0.15, 0.2) is 0 Å². The van der Waals surface area contributed by atoms with E-state index in [1.54, 1.807) is 0 Å². The molecule has 10 aromatic carbocycles. The summed E-state index contributed by atoms with van der Waals surface area (Å²) >= 11 is 0. The van der Waals surface area contributed by atoms with Crippen LogP contribution in [0.4, 0.5) is 17.1 Å². The first-order valence-corrected chi connectivity index (χ1v) is 19.9. The number of benzene rings is 10. The average Bonchev–Trinajstić information content (AvgIpc) is 3.65. The molecular weight excluding hydrogens is 701 g/mol. The third-order valence-electron chi connectivity index (χ3n) is 11.6. The topological polar surface area (TPSA) is 8.17 Å². The molecule has 0 spiro atoms. The molecule has 2 heteroatoms. The van der Waals surface area contributed by atoms with Gasteiger partial charge in [0.2, 0.25) is 0 Å². The highest BCUT2D eigenvalue weighted by atomic mass is 15.1. The number of fused-ring (bicyclic) bond motifs is 6. The second-order valence-electron chi connectivity index (χ2n) is 14.9. The minimum Gasteiger partial charge on any atom is -0.310 e. The number of aromatic nitrogens is 1. The van der Waals surface area contributed by atoms with Crippen molar-refractivity contribution in [2.24, 2.45) is 0 Å². The van der Waals surface area contributed by atoms with E-state index in [0.717, 1.165) is 22.7 Å². The zero-order valence-electron chi connectivity index (χ0n) is 31.8. The van der Waals surface area contributed by atoms with Crippen LogP contribution in [0.5, 0.6) is 0 Å². The van der Waals surface area contributed by atoms with Crippen LogP contribution in [0, 0.1) is 0 Å². The van der Waals surface area contributed by atoms with Crippen molar-refractivity contribution in [3.63, 3.8) is 0 Å². The van der Waals surface area contributed by atoms with Crippen LogP contribution in [-0.4, -0.2) is 4.57 Å². The Morgan fingerprint density at radius 3 is 1.50 bits per heavy atom. The zero-order valence-corrected chi connectivity index (χ0v) is 31.8. The van der Waals surface area contributed by atoms with Crippen LogP contribution in [0.15, 0.2) is 231 Å². The highest BCUT2D eigenvalue weighted by molar-refractivity contribution is 6.18. The quantitative estimate of drug-likeness (QED) is 0.158. The van der Waals surface area contributed by atoms with Crippen LogP contribution >= 0.6 is 0 Å². The summed E-state index contributed by atoms with van der Waals surface area (Å²) in [7, 11) is 0. The molecule has 1 heterocycles. The summed E-state index contributed by atoms with van der Waals surface area (Å²) in [6.07, 6.45) is 0. The highest BCUT2D eigenvalue weighted by Gasteiger charge is 2.19. The summed E-state index contributed by atoms with van der Waals surface area (Å²) < 4.78 is 2.42. The van der Waals surface area contributed by atoms with Crippen molar-refractivity contribution < 1.29 is 0 Å². The van der Waals surface area contributed by atoms with Gasteiger partial charge in [0.25, 0.3) is 0 Å². The molecule has 0 aliphatic carbocycles. The van der Waals surface area contributed by atoms with Gasteiger partial charge in [0.1, 0.15) is 0 Å². The lowest BCUT2D eigenvalue weighted by atomic mass is 9.96. The maximum absolute atomic E-state index is 2.42. The molecule has 0 aliphatic heterocycles. The fourth-order valence-electron chi connectivity index (χ4n) is 8.82. The fraction of sp³-hybridized carbons (Fsp3) is 0. The number of anilines is 3. The van der Waals surface area contributed by atoms with Crippen molar-refractivity contribution in [1.82, 2.24) is 4.57 Å². The van der Waals surface area contributed by atoms with Gasteiger partial charge < -0.3 is 9.47 Å². The molecule has 0 bridgehead atoms. The van der Waals surface area contributed by atoms with E-state index in [0.29, 0.717) is 0 Å². The van der Waals surface area contributed by atoms with Gasteiger partial charge in [-0.2, -0.15) is 0 Å². The normalized spacial score (nSPS) is 11.4. The third kappa shape index (κ3) is 5.74. The van der Waals surface area contributed by atoms with E-state index in [4.69, 9.17) is 0 Å². The van der Waals surface area contributed by atoms with Gasteiger partial charge in [-0.3, -0.25) is 0 Å². The Labute approximate surface area is 338 Å². The number of hydrogen-bond donors (Lipinski definition) is 0. The molecule has 58 heavy (non-hydrogen) atoms. The molecule has 272 valence electrons. The molecule has 0 saturated heterocycles. The smallest absolute Gasteiger partial charge is 0.0619 e. The lowest BCUT2D eigenvalue weighted by molar-refractivity contribution is 1.19. The average molecular weight is 739 g/mol. The predicted octanol–water partition coefficient (Wildman–Crippen LogP) is 15.6. The van der Waals surface area contributed by atoms with Gasteiger partial charge in [-0.1, -0.05) is 182 Å². The summed E-state index contributed by atoms with van der Waals surface area (Å²) in [4.78, 5) is 2.39. The molecule has 0 aliphatic rings. The lowest BCUT2D eigenvalue weighted by Gasteiger charge is -2.28. The highest BCUT2D eigenvalue weighted by Crippen LogP contribution is 2.44. The van der Waals surface area contributed by atoms with E-state index in [9.17, 15) is 0 Å². The van der Waals surface area contributed by atoms with Gasteiger partial charge in [0, 0.05) is 38.8 Å². The lowest BCUT2D eigenvalue weighted by Crippen LogP contribution is -2.11. The molecule has 0 fully saturated rings. The number of hydrogen-bond acceptors (Lipinski definition) is 1. The Morgan fingerprint density at radius 1 is 0.293 bits per heavy atom. The molecule has 11 aromatic rings. The second-order valence-corrected chi connectivity index (χ2v) is 14.9. The minimum absolute atomic E-state index is 1.10. The molecule has 0 N–H and O–H groups in total. The molecule has 1 aromatic heterocycles. The maximum Gasteiger partial charge on any atom is 0.0619 e. The molecule has 0 amide bonds. The SMILES string of the molecule is c1ccc(-c2ccc(N(c3ccc(-c4ccc(-n5c6ccccc6c6ccc7ccccc7c65)cc4)cc3)c3ccccc3-c3cccc4ccccc34)cc2)cc1. The molecule has 0 atom stereocenters. The van der Waals surface area contributed by atoms with Crippen molar-refractivity contribution in [3.8, 4) is 39.1 Å². The predicted molar refractivity (Wildman–Crippen MR) is 247 cm³/mol. The molecule has 2 nitrogen and oxygen atoms in total. The van der Waals surface area contributed by atoms with Crippen LogP contribution in [0.25, 0.3) is 82.4 Å². The summed E-state index contributed by atoms with van der Waals surface area (Å²) in [5.74, 6) is 0. The fourth-order valence-corrected chi connectivity index (χ4v) is 8.82. The first-order chi connectivity index (χ1) is 28.8. The van der Waals surface area contributed by atoms with Crippen molar-refractivity contribution in [2.45, 2.75) is 0 Å². The number of para-hydroxylation sites is 2. The van der Waals surface area contributed by atoms with E-state index >= 15 is 0 Å². The van der Waals surface area contributed by atoms with Gasteiger partial charge in [-0.15, -0.1) is 0 Å². The van der Waals surface area contributed by atoms with Crippen molar-refractivity contribution in [1.29, 1.82) is 0 Å². The minimum atomic E-state index is 1.10. The van der Waals surface area contributed by atoms with Crippen molar-refractivity contribution in [3.05, 3.63) is 231 Å². The van der Waals surface area contributed by atoms with E-state index < -0.39 is 0 Å². The molecular formula is C56H38N2. The van der Waals surface area contributed by atoms with Crippen molar-refractivity contribution >= 4 is 60.4 Å². The molecule has 0 radical (unpaired) electrons. The summed E-state index contributed by atoms with van der Waals surface area (Å²) in [5.41, 5.74) is 14.1. The Kier molecular flexibility index (Phi) is 8.19. The maximum atomic E-state index is 2.42. The largest absolute Gasteiger partial charge is 0.310 e. The summed E-state index contributed by atoms with van der Waals surface area (Å²) in [5, 5.41) is 7.52. The Balaban J connectivity index is 1.00. The van der Waals surface area contributed by atoms with Crippen LogP contribution in [0.2, 0.25) is 0 Å². The Morgan fingerprint density at radius 2 is 0.793 bits per heavy atom. The number of nitrogens with zero attached hydrogens (tertiary/aromatic N) is 2. The van der Waals surface area contributed by atoms with Crippen LogP contribution in [-0.2, 0) is 0 Å². The molecule has 0 unspecified atom stereocenters. The van der Waals surface area contributed by atoms with E-state index in [1.807, 2.05) is 0 Å². The van der Waals surface area contributed by atoms with Gasteiger partial charge >= 0.3 is 0 Å². The Bertz CT molecular complexity index is 3240. The monoisotopic (exact) mass is 738 g/mol. The van der Waals surface area contributed by atoms with E-state index in [1.165, 1.54) is 76.7 Å². The van der Waals surface area contributed by atoms with Gasteiger partial charge in [-0.25, -0.2) is 0 Å². The standard InChI is InChI=1S/C56H38N2/c1-2-13-39(14-3-1)40-25-32-45(33-26-40)57(54-23-10-8-20-51(54)50-22-12-17-43-15-4-6-18-48(43)50)46-34-27-41(28-35-46)42-29-36-47(37-30-42)58-55-24-11-9-21-52(55)53-38-31-44-16-5-7-19-49(44)56(53)58/h1-38H. The van der Waals surface area contributed by atoms with Gasteiger partial charge in [-0.05, 0) is 92.5 Å². The van der Waals surface area contributed by atoms with Crippen LogP contribution < -0.4 is 4.90 Å². The van der Waals surface area contributed by atoms with Gasteiger partial charge in [0.05, 0.1) is 16.7 Å². The van der Waals surface area contributed by atoms with Crippen LogP contribution in [0.1, 0.15) is 0 Å². The van der Waals surface area contributed by atoms with E-state index in [-0.39, 0.29) is 0 Å².